The second kappa shape index (κ2) is 3.56. The number of nitrogens with one attached hydrogen (secondary N) is 2. The number of hydrogen-bond donors (Lipinski definition) is 3. The van der Waals surface area contributed by atoms with Gasteiger partial charge in [-0.15, -0.1) is 0 Å². The maximum atomic E-state index is 5.74. The monoisotopic (exact) mass is 277 g/mol. The molecule has 2 rings (SSSR count). The van der Waals surface area contributed by atoms with E-state index in [4.69, 9.17) is 5.84 Å². The van der Waals surface area contributed by atoms with Gasteiger partial charge < -0.3 is 0 Å². The Labute approximate surface area is 81.7 Å². The van der Waals surface area contributed by atoms with E-state index in [2.05, 4.69) is 8.96 Å². The summed E-state index contributed by atoms with van der Waals surface area (Å²) in [6, 6.07) is 9.83. The molecule has 0 aromatic heterocycles. The van der Waals surface area contributed by atoms with Crippen LogP contribution in [0.25, 0.3) is 0 Å². The second-order valence-electron chi connectivity index (χ2n) is 2.42. The fourth-order valence-electron chi connectivity index (χ4n) is 0.866. The predicted molar refractivity (Wildman–Crippen MR) is 43.2 cm³/mol. The molecule has 1 unspecified atom stereocenters. The van der Waals surface area contributed by atoms with Gasteiger partial charge in [-0.1, -0.05) is 0 Å². The first kappa shape index (κ1) is 8.24. The zero-order valence-corrected chi connectivity index (χ0v) is 8.52. The number of nitrogens with two attached hydrogens (primary N) is 1. The number of hydrazine groups is 2. The van der Waals surface area contributed by atoms with Crippen molar-refractivity contribution in [2.45, 2.75) is 4.17 Å². The molecule has 4 N–H and O–H groups in total. The summed E-state index contributed by atoms with van der Waals surface area (Å²) in [5.74, 6) is 5.74. The topological polar surface area (TPSA) is 63.2 Å². The summed E-state index contributed by atoms with van der Waals surface area (Å²) in [5.41, 5.74) is 4.10. The Morgan fingerprint density at radius 3 is 2.67 bits per heavy atom. The molecule has 1 saturated heterocycles. The van der Waals surface area contributed by atoms with Crippen molar-refractivity contribution < 1.29 is 21.5 Å². The van der Waals surface area contributed by atoms with Crippen LogP contribution in [0.2, 0.25) is 0 Å². The average molecular weight is 277 g/mol. The van der Waals surface area contributed by atoms with Crippen LogP contribution in [0.4, 0.5) is 5.69 Å². The zero-order valence-electron chi connectivity index (χ0n) is 6.37. The molecule has 4 nitrogen and oxygen atoms in total. The summed E-state index contributed by atoms with van der Waals surface area (Å²) in [4.78, 5) is 0. The molecule has 0 saturated carbocycles. The minimum atomic E-state index is 0.166. The van der Waals surface area contributed by atoms with Gasteiger partial charge in [0.05, 0.1) is 0 Å². The van der Waals surface area contributed by atoms with E-state index in [1.54, 1.807) is 5.12 Å². The molecule has 1 aliphatic heterocycles. The van der Waals surface area contributed by atoms with Gasteiger partial charge in [0.15, 0.2) is 0 Å². The summed E-state index contributed by atoms with van der Waals surface area (Å²) >= 11 is 0.166. The Kier molecular flexibility index (Phi) is 2.45. The molecule has 0 aliphatic carbocycles. The number of alkyl halides is 1. The Hall–Kier alpha value is -0.370. The molecule has 66 valence electrons. The van der Waals surface area contributed by atoms with Gasteiger partial charge >= 0.3 is 81.6 Å². The Morgan fingerprint density at radius 2 is 2.08 bits per heavy atom. The first-order valence-corrected chi connectivity index (χ1v) is 5.93. The van der Waals surface area contributed by atoms with Crippen LogP contribution < -0.4 is 41.4 Å². The number of benzene rings is 1. The molecule has 1 fully saturated rings. The number of hydrogen-bond acceptors (Lipinski definition) is 4. The summed E-state index contributed by atoms with van der Waals surface area (Å²) in [7, 11) is 0. The van der Waals surface area contributed by atoms with Gasteiger partial charge in [-0.3, -0.25) is 0 Å². The minimum absolute atomic E-state index is 0.166. The first-order valence-electron chi connectivity index (χ1n) is 3.60. The molecule has 1 aromatic carbocycles. The van der Waals surface area contributed by atoms with Crippen molar-refractivity contribution in [1.29, 1.82) is 0 Å². The van der Waals surface area contributed by atoms with Gasteiger partial charge in [0.2, 0.25) is 0 Å². The molecule has 0 bridgehead atoms. The van der Waals surface area contributed by atoms with Crippen molar-refractivity contribution in [2.24, 2.45) is 5.84 Å². The van der Waals surface area contributed by atoms with Gasteiger partial charge in [-0.2, -0.15) is 0 Å². The third kappa shape index (κ3) is 2.07. The Bertz CT molecular complexity index is 249. The predicted octanol–water partition coefficient (Wildman–Crippen LogP) is -3.24. The molecule has 0 amide bonds. The SMILES string of the molecule is NN(NC1N[I-]1)c1ccccc1. The fraction of sp³-hybridized carbons (Fsp3) is 0.143. The van der Waals surface area contributed by atoms with Crippen LogP contribution in [0.3, 0.4) is 0 Å². The van der Waals surface area contributed by atoms with E-state index in [0.717, 1.165) is 5.69 Å². The molecule has 1 aromatic rings. The van der Waals surface area contributed by atoms with Crippen molar-refractivity contribution >= 4 is 5.69 Å². The molecule has 0 spiro atoms. The Morgan fingerprint density at radius 1 is 1.42 bits per heavy atom. The maximum absolute atomic E-state index is 5.74. The normalized spacial score (nSPS) is 21.2. The van der Waals surface area contributed by atoms with Gasteiger partial charge in [-0.25, -0.2) is 0 Å². The molecular formula is C7H10IN4-. The van der Waals surface area contributed by atoms with Crippen LogP contribution in [0.15, 0.2) is 30.3 Å². The second-order valence-corrected chi connectivity index (χ2v) is 4.91. The first-order chi connectivity index (χ1) is 5.86. The van der Waals surface area contributed by atoms with Crippen molar-refractivity contribution in [3.05, 3.63) is 30.3 Å². The van der Waals surface area contributed by atoms with E-state index in [1.807, 2.05) is 30.3 Å². The number of halogens is 1. The van der Waals surface area contributed by atoms with E-state index in [1.165, 1.54) is 0 Å². The number of anilines is 1. The third-order valence-electron chi connectivity index (χ3n) is 1.51. The zero-order chi connectivity index (χ0) is 8.39. The molecule has 0 radical (unpaired) electrons. The van der Waals surface area contributed by atoms with Gasteiger partial charge in [0.25, 0.3) is 0 Å². The molecule has 1 atom stereocenters. The third-order valence-corrected chi connectivity index (χ3v) is 3.03. The van der Waals surface area contributed by atoms with Crippen LogP contribution in [-0.4, -0.2) is 4.17 Å². The standard InChI is InChI=1S/C7H10IN4/c9-12(11-7-8-10-7)6-4-2-1-3-5-6/h1-5,7,10-11H,9H2/q-1. The van der Waals surface area contributed by atoms with Crippen molar-refractivity contribution in [1.82, 2.24) is 8.96 Å². The fourth-order valence-corrected chi connectivity index (χ4v) is 1.62. The van der Waals surface area contributed by atoms with Crippen molar-refractivity contribution in [3.63, 3.8) is 0 Å². The summed E-state index contributed by atoms with van der Waals surface area (Å²) in [6.45, 7) is 0. The molecular weight excluding hydrogens is 267 g/mol. The van der Waals surface area contributed by atoms with Gasteiger partial charge in [-0.05, 0) is 0 Å². The van der Waals surface area contributed by atoms with E-state index in [-0.39, 0.29) is 21.5 Å². The van der Waals surface area contributed by atoms with E-state index >= 15 is 0 Å². The number of rotatable bonds is 3. The van der Waals surface area contributed by atoms with Crippen LogP contribution >= 0.6 is 0 Å². The van der Waals surface area contributed by atoms with Crippen LogP contribution in [0.5, 0.6) is 0 Å². The van der Waals surface area contributed by atoms with Crippen molar-refractivity contribution in [3.8, 4) is 0 Å². The van der Waals surface area contributed by atoms with Crippen LogP contribution in [-0.2, 0) is 0 Å². The summed E-state index contributed by atoms with van der Waals surface area (Å²) in [6.07, 6.45) is 0. The van der Waals surface area contributed by atoms with E-state index in [0.29, 0.717) is 4.17 Å². The molecule has 1 aliphatic rings. The molecule has 5 heteroatoms. The van der Waals surface area contributed by atoms with Gasteiger partial charge in [0.1, 0.15) is 0 Å². The van der Waals surface area contributed by atoms with E-state index < -0.39 is 0 Å². The average Bonchev–Trinajstić information content (AvgIpc) is 2.90. The van der Waals surface area contributed by atoms with Crippen LogP contribution in [0, 0.1) is 0 Å². The van der Waals surface area contributed by atoms with Crippen molar-refractivity contribution in [2.75, 3.05) is 5.12 Å². The number of para-hydroxylation sites is 1. The van der Waals surface area contributed by atoms with Gasteiger partial charge in [0, 0.05) is 0 Å². The van der Waals surface area contributed by atoms with E-state index in [9.17, 15) is 0 Å². The molecule has 1 heterocycles. The quantitative estimate of drug-likeness (QED) is 0.103. The van der Waals surface area contributed by atoms with Crippen LogP contribution in [0.1, 0.15) is 0 Å². The summed E-state index contributed by atoms with van der Waals surface area (Å²) < 4.78 is 3.67. The Balaban J connectivity index is 1.98. The number of nitrogens with zero attached hydrogens (tertiary/aromatic N) is 1. The molecule has 12 heavy (non-hydrogen) atoms. The summed E-state index contributed by atoms with van der Waals surface area (Å²) in [5, 5.41) is 1.56.